The molecule has 0 unspecified atom stereocenters. The largest absolute Gasteiger partial charge is 0.467 e. The molecule has 0 bridgehead atoms. The first-order chi connectivity index (χ1) is 15.7. The van der Waals surface area contributed by atoms with Crippen LogP contribution in [0.5, 0.6) is 11.5 Å². The number of halogens is 1. The Morgan fingerprint density at radius 1 is 1.03 bits per heavy atom. The third kappa shape index (κ3) is 5.82. The third-order valence-corrected chi connectivity index (χ3v) is 12.7. The van der Waals surface area contributed by atoms with Crippen LogP contribution < -0.4 is 9.47 Å². The average molecular weight is 487 g/mol. The van der Waals surface area contributed by atoms with E-state index >= 15 is 4.39 Å². The predicted octanol–water partition coefficient (Wildman–Crippen LogP) is 7.48. The minimum atomic E-state index is -2.11. The van der Waals surface area contributed by atoms with Gasteiger partial charge in [-0.25, -0.2) is 4.39 Å². The van der Waals surface area contributed by atoms with E-state index in [2.05, 4.69) is 53.0 Å². The molecule has 0 saturated carbocycles. The van der Waals surface area contributed by atoms with Gasteiger partial charge in [-0.05, 0) is 54.9 Å². The van der Waals surface area contributed by atoms with E-state index in [4.69, 9.17) is 14.2 Å². The molecular weight excluding hydrogens is 447 g/mol. The molecule has 2 rings (SSSR count). The number of ether oxygens (including phenoxy) is 3. The zero-order valence-electron chi connectivity index (χ0n) is 22.3. The Hall–Kier alpha value is -2.36. The van der Waals surface area contributed by atoms with Crippen molar-refractivity contribution in [2.24, 2.45) is 5.41 Å². The fourth-order valence-electron chi connectivity index (χ4n) is 4.65. The number of esters is 1. The van der Waals surface area contributed by atoms with Crippen LogP contribution in [0.4, 0.5) is 4.39 Å². The Morgan fingerprint density at radius 2 is 1.62 bits per heavy atom. The fourth-order valence-corrected chi connectivity index (χ4v) is 9.85. The highest BCUT2D eigenvalue weighted by atomic mass is 28.3. The van der Waals surface area contributed by atoms with Crippen molar-refractivity contribution in [3.63, 3.8) is 0 Å². The van der Waals surface area contributed by atoms with Gasteiger partial charge in [0.1, 0.15) is 25.4 Å². The highest BCUT2D eigenvalue weighted by molar-refractivity contribution is 6.90. The van der Waals surface area contributed by atoms with Gasteiger partial charge in [-0.1, -0.05) is 53.5 Å². The highest BCUT2D eigenvalue weighted by Gasteiger charge is 2.41. The van der Waals surface area contributed by atoms with Crippen LogP contribution in [0.25, 0.3) is 10.8 Å². The van der Waals surface area contributed by atoms with Crippen molar-refractivity contribution in [3.8, 4) is 23.0 Å². The van der Waals surface area contributed by atoms with E-state index in [1.165, 1.54) is 13.2 Å². The molecule has 0 spiro atoms. The van der Waals surface area contributed by atoms with Gasteiger partial charge in [0.2, 0.25) is 0 Å². The summed E-state index contributed by atoms with van der Waals surface area (Å²) in [4.78, 5) is 12.8. The summed E-state index contributed by atoms with van der Waals surface area (Å²) in [5, 5.41) is 1.16. The van der Waals surface area contributed by atoms with Gasteiger partial charge in [0.25, 0.3) is 0 Å². The predicted molar refractivity (Wildman–Crippen MR) is 139 cm³/mol. The maximum absolute atomic E-state index is 15.3. The van der Waals surface area contributed by atoms with Crippen molar-refractivity contribution in [1.82, 2.24) is 0 Å². The van der Waals surface area contributed by atoms with Gasteiger partial charge in [0.05, 0.1) is 11.0 Å². The summed E-state index contributed by atoms with van der Waals surface area (Å²) >= 11 is 0. The molecule has 0 radical (unpaired) electrons. The van der Waals surface area contributed by atoms with Gasteiger partial charge >= 0.3 is 5.97 Å². The lowest BCUT2D eigenvalue weighted by Crippen LogP contribution is -2.43. The Kier molecular flexibility index (Phi) is 8.96. The number of fused-ring (bicyclic) bond motifs is 1. The highest BCUT2D eigenvalue weighted by Crippen LogP contribution is 2.41. The van der Waals surface area contributed by atoms with Crippen LogP contribution in [-0.2, 0) is 9.53 Å². The van der Waals surface area contributed by atoms with E-state index in [-0.39, 0.29) is 18.1 Å². The first-order valence-electron chi connectivity index (χ1n) is 11.9. The molecule has 0 heterocycles. The van der Waals surface area contributed by atoms with Crippen molar-refractivity contribution < 1.29 is 23.4 Å². The zero-order chi connectivity index (χ0) is 25.8. The molecular formula is C28H39FO4Si. The summed E-state index contributed by atoms with van der Waals surface area (Å²) in [7, 11) is -0.578. The number of carbonyl (C=O) groups excluding carboxylic acids is 1. The van der Waals surface area contributed by atoms with Crippen LogP contribution in [0.1, 0.15) is 67.9 Å². The van der Waals surface area contributed by atoms with Gasteiger partial charge < -0.3 is 14.2 Å². The number of hydrogen-bond acceptors (Lipinski definition) is 4. The summed E-state index contributed by atoms with van der Waals surface area (Å²) in [5.41, 5.74) is 4.34. The van der Waals surface area contributed by atoms with Crippen LogP contribution in [0.15, 0.2) is 24.3 Å². The molecule has 0 aromatic heterocycles. The third-order valence-electron chi connectivity index (χ3n) is 6.43. The summed E-state index contributed by atoms with van der Waals surface area (Å²) < 4.78 is 31.7. The average Bonchev–Trinajstić information content (AvgIpc) is 2.72. The molecule has 0 aliphatic carbocycles. The van der Waals surface area contributed by atoms with Crippen LogP contribution in [0.3, 0.4) is 0 Å². The zero-order valence-corrected chi connectivity index (χ0v) is 23.3. The molecule has 0 fully saturated rings. The molecule has 186 valence electrons. The number of benzene rings is 2. The molecule has 0 N–H and O–H groups in total. The van der Waals surface area contributed by atoms with Crippen molar-refractivity contribution in [2.75, 3.05) is 13.9 Å². The molecule has 34 heavy (non-hydrogen) atoms. The SMILES string of the molecule is COCOc1cc(OC(=O)C(C)(C)C)c2c(C#C[Si](C(C)C)(C(C)C)C(C)C)c(F)ccc2c1. The Balaban J connectivity index is 2.84. The standard InChI is InChI=1S/C28H39FO4Si/c1-18(2)34(19(3)4,20(5)6)14-13-23-24(29)12-11-21-15-22(32-17-31-10)16-25(26(21)23)33-27(30)28(7,8)9/h11-12,15-16,18-20H,17H2,1-10H3. The lowest BCUT2D eigenvalue weighted by atomic mass is 9.97. The van der Waals surface area contributed by atoms with E-state index in [0.29, 0.717) is 33.1 Å². The van der Waals surface area contributed by atoms with E-state index in [1.54, 1.807) is 39.0 Å². The fraction of sp³-hybridized carbons (Fsp3) is 0.536. The minimum absolute atomic E-state index is 0.0390. The summed E-state index contributed by atoms with van der Waals surface area (Å²) in [6.45, 7) is 18.7. The van der Waals surface area contributed by atoms with Crippen molar-refractivity contribution in [1.29, 1.82) is 0 Å². The second-order valence-corrected chi connectivity index (χ2v) is 16.4. The number of carbonyl (C=O) groups is 1. The normalized spacial score (nSPS) is 12.3. The molecule has 0 aliphatic heterocycles. The molecule has 2 aromatic carbocycles. The molecule has 0 saturated heterocycles. The van der Waals surface area contributed by atoms with Gasteiger partial charge in [-0.15, -0.1) is 5.54 Å². The first kappa shape index (κ1) is 27.9. The second kappa shape index (κ2) is 10.9. The number of rotatable bonds is 7. The first-order valence-corrected chi connectivity index (χ1v) is 14.1. The quantitative estimate of drug-likeness (QED) is 0.134. The van der Waals surface area contributed by atoms with Gasteiger partial charge in [0.15, 0.2) is 6.79 Å². The van der Waals surface area contributed by atoms with Crippen LogP contribution in [0.2, 0.25) is 16.6 Å². The summed E-state index contributed by atoms with van der Waals surface area (Å²) in [6.07, 6.45) is 0. The van der Waals surface area contributed by atoms with Crippen molar-refractivity contribution in [3.05, 3.63) is 35.6 Å². The molecule has 4 nitrogen and oxygen atoms in total. The van der Waals surface area contributed by atoms with Crippen LogP contribution in [-0.4, -0.2) is 27.9 Å². The van der Waals surface area contributed by atoms with Crippen LogP contribution >= 0.6 is 0 Å². The maximum Gasteiger partial charge on any atom is 0.316 e. The van der Waals surface area contributed by atoms with E-state index in [0.717, 1.165) is 0 Å². The van der Waals surface area contributed by atoms with E-state index < -0.39 is 25.3 Å². The van der Waals surface area contributed by atoms with Crippen LogP contribution in [0, 0.1) is 22.7 Å². The summed E-state index contributed by atoms with van der Waals surface area (Å²) in [6, 6.07) is 6.45. The van der Waals surface area contributed by atoms with E-state index in [9.17, 15) is 4.79 Å². The lowest BCUT2D eigenvalue weighted by Gasteiger charge is -2.38. The topological polar surface area (TPSA) is 44.8 Å². The van der Waals surface area contributed by atoms with Gasteiger partial charge in [-0.2, -0.15) is 0 Å². The minimum Gasteiger partial charge on any atom is -0.467 e. The molecule has 0 atom stereocenters. The molecule has 2 aromatic rings. The smallest absolute Gasteiger partial charge is 0.316 e. The number of hydrogen-bond donors (Lipinski definition) is 0. The van der Waals surface area contributed by atoms with Crippen molar-refractivity contribution >= 4 is 24.8 Å². The molecule has 6 heteroatoms. The number of methoxy groups -OCH3 is 1. The Labute approximate surface area is 205 Å². The van der Waals surface area contributed by atoms with Gasteiger partial charge in [0, 0.05) is 18.6 Å². The van der Waals surface area contributed by atoms with E-state index in [1.807, 2.05) is 0 Å². The molecule has 0 amide bonds. The Morgan fingerprint density at radius 3 is 2.12 bits per heavy atom. The summed E-state index contributed by atoms with van der Waals surface area (Å²) in [5.74, 6) is 3.08. The Bertz CT molecular complexity index is 1070. The second-order valence-electron chi connectivity index (χ2n) is 10.8. The maximum atomic E-state index is 15.3. The molecule has 0 aliphatic rings. The van der Waals surface area contributed by atoms with Gasteiger partial charge in [-0.3, -0.25) is 4.79 Å². The van der Waals surface area contributed by atoms with Crippen molar-refractivity contribution in [2.45, 2.75) is 78.9 Å². The lowest BCUT2D eigenvalue weighted by molar-refractivity contribution is -0.142. The monoisotopic (exact) mass is 486 g/mol.